The van der Waals surface area contributed by atoms with Gasteiger partial charge in [0, 0.05) is 43.9 Å². The van der Waals surface area contributed by atoms with Gasteiger partial charge < -0.3 is 4.90 Å². The smallest absolute Gasteiger partial charge is 0.222 e. The number of amides is 1. The van der Waals surface area contributed by atoms with Gasteiger partial charge in [-0.1, -0.05) is 0 Å². The number of carbonyl (C=O) groups excluding carboxylic acids is 1. The van der Waals surface area contributed by atoms with Crippen LogP contribution in [-0.2, 0) is 18.3 Å². The van der Waals surface area contributed by atoms with Gasteiger partial charge in [0.05, 0.1) is 12.4 Å². The number of hydrogen-bond donors (Lipinski definition) is 1. The van der Waals surface area contributed by atoms with Crippen LogP contribution in [0.15, 0.2) is 12.4 Å². The Kier molecular flexibility index (Phi) is 4.50. The summed E-state index contributed by atoms with van der Waals surface area (Å²) in [5.74, 6) is 0.630. The summed E-state index contributed by atoms with van der Waals surface area (Å²) >= 11 is 0. The van der Waals surface area contributed by atoms with Gasteiger partial charge in [0.25, 0.3) is 0 Å². The fourth-order valence-corrected chi connectivity index (χ4v) is 3.40. The molecule has 6 heteroatoms. The first-order chi connectivity index (χ1) is 11.1. The lowest BCUT2D eigenvalue weighted by Crippen LogP contribution is -2.39. The third-order valence-electron chi connectivity index (χ3n) is 5.00. The summed E-state index contributed by atoms with van der Waals surface area (Å²) < 4.78 is 1.86. The lowest BCUT2D eigenvalue weighted by atomic mass is 9.92. The standard InChI is InChI=1S/C17H25N5O/c1-12-9-18-20-17(12)15-5-4-8-22(11-15)16(23)7-6-14-10-19-21(3)13(14)2/h9-10,15H,4-8,11H2,1-3H3,(H,18,20)/t15-/m1/s1. The number of aromatic amines is 1. The van der Waals surface area contributed by atoms with Crippen molar-refractivity contribution in [2.45, 2.75) is 45.4 Å². The van der Waals surface area contributed by atoms with Crippen molar-refractivity contribution in [3.63, 3.8) is 0 Å². The van der Waals surface area contributed by atoms with Crippen molar-refractivity contribution in [3.05, 3.63) is 34.9 Å². The number of rotatable bonds is 4. The summed E-state index contributed by atoms with van der Waals surface area (Å²) in [6.07, 6.45) is 7.23. The number of likely N-dealkylation sites (tertiary alicyclic amines) is 1. The van der Waals surface area contributed by atoms with Crippen LogP contribution in [0.5, 0.6) is 0 Å². The van der Waals surface area contributed by atoms with Crippen molar-refractivity contribution in [1.29, 1.82) is 0 Å². The molecule has 124 valence electrons. The molecular weight excluding hydrogens is 290 g/mol. The quantitative estimate of drug-likeness (QED) is 0.939. The molecule has 1 amide bonds. The van der Waals surface area contributed by atoms with Crippen molar-refractivity contribution in [3.8, 4) is 0 Å². The number of nitrogens with one attached hydrogen (secondary N) is 1. The number of piperidine rings is 1. The number of aryl methyl sites for hydroxylation is 3. The summed E-state index contributed by atoms with van der Waals surface area (Å²) in [7, 11) is 1.93. The topological polar surface area (TPSA) is 66.8 Å². The Balaban J connectivity index is 1.59. The molecule has 1 fully saturated rings. The molecule has 0 spiro atoms. The second-order valence-electron chi connectivity index (χ2n) is 6.52. The minimum Gasteiger partial charge on any atom is -0.342 e. The molecule has 1 N–H and O–H groups in total. The number of H-pyrrole nitrogens is 1. The van der Waals surface area contributed by atoms with E-state index in [1.165, 1.54) is 16.8 Å². The second-order valence-corrected chi connectivity index (χ2v) is 6.52. The average molecular weight is 315 g/mol. The van der Waals surface area contributed by atoms with E-state index in [4.69, 9.17) is 0 Å². The SMILES string of the molecule is Cc1cn[nH]c1[C@@H]1CCCN(C(=O)CCc2cnn(C)c2C)C1. The zero-order valence-corrected chi connectivity index (χ0v) is 14.2. The molecule has 0 unspecified atom stereocenters. The summed E-state index contributed by atoms with van der Waals surface area (Å²) in [5.41, 5.74) is 4.68. The molecule has 0 aromatic carbocycles. The molecule has 1 atom stereocenters. The van der Waals surface area contributed by atoms with E-state index in [-0.39, 0.29) is 5.91 Å². The van der Waals surface area contributed by atoms with Crippen LogP contribution in [0.2, 0.25) is 0 Å². The Morgan fingerprint density at radius 3 is 2.87 bits per heavy atom. The third kappa shape index (κ3) is 3.30. The first-order valence-corrected chi connectivity index (χ1v) is 8.31. The molecule has 0 saturated carbocycles. The van der Waals surface area contributed by atoms with E-state index in [9.17, 15) is 4.79 Å². The highest BCUT2D eigenvalue weighted by molar-refractivity contribution is 5.76. The Bertz CT molecular complexity index is 687. The summed E-state index contributed by atoms with van der Waals surface area (Å²) in [6.45, 7) is 5.79. The first kappa shape index (κ1) is 15.8. The first-order valence-electron chi connectivity index (χ1n) is 8.31. The van der Waals surface area contributed by atoms with Gasteiger partial charge in [-0.3, -0.25) is 14.6 Å². The molecule has 3 heterocycles. The fourth-order valence-electron chi connectivity index (χ4n) is 3.40. The van der Waals surface area contributed by atoms with Crippen molar-refractivity contribution in [1.82, 2.24) is 24.9 Å². The summed E-state index contributed by atoms with van der Waals surface area (Å²) in [5, 5.41) is 11.5. The van der Waals surface area contributed by atoms with E-state index < -0.39 is 0 Å². The maximum absolute atomic E-state index is 12.6. The molecule has 2 aromatic heterocycles. The molecule has 2 aromatic rings. The monoisotopic (exact) mass is 315 g/mol. The maximum Gasteiger partial charge on any atom is 0.222 e. The molecule has 1 saturated heterocycles. The molecule has 1 aliphatic heterocycles. The van der Waals surface area contributed by atoms with Crippen LogP contribution in [0.25, 0.3) is 0 Å². The Morgan fingerprint density at radius 2 is 2.22 bits per heavy atom. The van der Waals surface area contributed by atoms with E-state index in [0.717, 1.165) is 38.0 Å². The fraction of sp³-hybridized carbons (Fsp3) is 0.588. The Morgan fingerprint density at radius 1 is 1.39 bits per heavy atom. The van der Waals surface area contributed by atoms with Gasteiger partial charge >= 0.3 is 0 Å². The van der Waals surface area contributed by atoms with Crippen molar-refractivity contribution in [2.75, 3.05) is 13.1 Å². The van der Waals surface area contributed by atoms with Gasteiger partial charge in [-0.25, -0.2) is 0 Å². The largest absolute Gasteiger partial charge is 0.342 e. The highest BCUT2D eigenvalue weighted by Crippen LogP contribution is 2.27. The number of hydrogen-bond acceptors (Lipinski definition) is 3. The zero-order chi connectivity index (χ0) is 16.4. The molecule has 3 rings (SSSR count). The van der Waals surface area contributed by atoms with Crippen LogP contribution in [-0.4, -0.2) is 43.9 Å². The average Bonchev–Trinajstić information content (AvgIpc) is 3.12. The van der Waals surface area contributed by atoms with E-state index in [1.54, 1.807) is 0 Å². The maximum atomic E-state index is 12.6. The van der Waals surface area contributed by atoms with Crippen LogP contribution in [0.3, 0.4) is 0 Å². The zero-order valence-electron chi connectivity index (χ0n) is 14.2. The summed E-state index contributed by atoms with van der Waals surface area (Å²) in [6, 6.07) is 0. The van der Waals surface area contributed by atoms with Crippen LogP contribution >= 0.6 is 0 Å². The van der Waals surface area contributed by atoms with Gasteiger partial charge in [0.2, 0.25) is 5.91 Å². The van der Waals surface area contributed by atoms with E-state index in [0.29, 0.717) is 12.3 Å². The van der Waals surface area contributed by atoms with E-state index >= 15 is 0 Å². The highest BCUT2D eigenvalue weighted by atomic mass is 16.2. The third-order valence-corrected chi connectivity index (χ3v) is 5.00. The second kappa shape index (κ2) is 6.56. The van der Waals surface area contributed by atoms with Crippen LogP contribution in [0.1, 0.15) is 47.7 Å². The molecule has 1 aliphatic rings. The number of carbonyl (C=O) groups is 1. The van der Waals surface area contributed by atoms with Gasteiger partial charge in [-0.2, -0.15) is 10.2 Å². The number of nitrogens with zero attached hydrogens (tertiary/aromatic N) is 4. The number of aromatic nitrogens is 4. The minimum atomic E-state index is 0.245. The van der Waals surface area contributed by atoms with E-state index in [1.807, 2.05) is 35.9 Å². The minimum absolute atomic E-state index is 0.245. The van der Waals surface area contributed by atoms with Crippen LogP contribution < -0.4 is 0 Å². The normalized spacial score (nSPS) is 18.4. The van der Waals surface area contributed by atoms with Crippen molar-refractivity contribution < 1.29 is 4.79 Å². The lowest BCUT2D eigenvalue weighted by molar-refractivity contribution is -0.132. The predicted molar refractivity (Wildman–Crippen MR) is 88.1 cm³/mol. The van der Waals surface area contributed by atoms with E-state index in [2.05, 4.69) is 22.2 Å². The summed E-state index contributed by atoms with van der Waals surface area (Å²) in [4.78, 5) is 14.6. The molecule has 0 radical (unpaired) electrons. The van der Waals surface area contributed by atoms with Crippen molar-refractivity contribution >= 4 is 5.91 Å². The van der Waals surface area contributed by atoms with Gasteiger partial charge in [0.1, 0.15) is 0 Å². The Hall–Kier alpha value is -2.11. The Labute approximate surface area is 136 Å². The van der Waals surface area contributed by atoms with Crippen LogP contribution in [0, 0.1) is 13.8 Å². The van der Waals surface area contributed by atoms with Crippen LogP contribution in [0.4, 0.5) is 0 Å². The molecular formula is C17H25N5O. The van der Waals surface area contributed by atoms with Gasteiger partial charge in [0.15, 0.2) is 0 Å². The molecule has 0 aliphatic carbocycles. The van der Waals surface area contributed by atoms with Gasteiger partial charge in [-0.15, -0.1) is 0 Å². The predicted octanol–water partition coefficient (Wildman–Crippen LogP) is 2.10. The van der Waals surface area contributed by atoms with Gasteiger partial charge in [-0.05, 0) is 44.2 Å². The van der Waals surface area contributed by atoms with Crippen molar-refractivity contribution in [2.24, 2.45) is 7.05 Å². The highest BCUT2D eigenvalue weighted by Gasteiger charge is 2.26. The molecule has 6 nitrogen and oxygen atoms in total. The lowest BCUT2D eigenvalue weighted by Gasteiger charge is -2.32. The molecule has 0 bridgehead atoms. The molecule has 23 heavy (non-hydrogen) atoms.